The molecular formula is C22H37N7O2. The van der Waals surface area contributed by atoms with Gasteiger partial charge in [-0.3, -0.25) is 4.79 Å². The Bertz CT molecular complexity index is 851. The van der Waals surface area contributed by atoms with Gasteiger partial charge in [0.25, 0.3) is 6.47 Å². The third-order valence-electron chi connectivity index (χ3n) is 4.92. The van der Waals surface area contributed by atoms with E-state index in [0.717, 1.165) is 37.5 Å². The van der Waals surface area contributed by atoms with Crippen LogP contribution in [0.2, 0.25) is 0 Å². The van der Waals surface area contributed by atoms with Crippen LogP contribution in [0.25, 0.3) is 5.65 Å². The molecular weight excluding hydrogens is 394 g/mol. The third-order valence-corrected chi connectivity index (χ3v) is 4.92. The molecule has 0 atom stereocenters. The maximum atomic E-state index is 8.95. The first-order valence-electron chi connectivity index (χ1n) is 10.9. The van der Waals surface area contributed by atoms with Gasteiger partial charge in [-0.1, -0.05) is 13.8 Å². The van der Waals surface area contributed by atoms with Crippen LogP contribution in [-0.4, -0.2) is 54.2 Å². The molecule has 2 aromatic heterocycles. The summed E-state index contributed by atoms with van der Waals surface area (Å²) < 4.78 is 6.03. The number of hydrazine groups is 1. The first-order valence-corrected chi connectivity index (χ1v) is 10.9. The van der Waals surface area contributed by atoms with Crippen LogP contribution < -0.4 is 21.8 Å². The number of carbonyl (C=O) groups is 1. The van der Waals surface area contributed by atoms with E-state index in [9.17, 15) is 0 Å². The van der Waals surface area contributed by atoms with Gasteiger partial charge in [-0.15, -0.1) is 0 Å². The Balaban J connectivity index is 0.000000513. The van der Waals surface area contributed by atoms with Crippen LogP contribution in [0.4, 0.5) is 5.69 Å². The summed E-state index contributed by atoms with van der Waals surface area (Å²) in [5.41, 5.74) is 11.0. The monoisotopic (exact) mass is 431 g/mol. The quantitative estimate of drug-likeness (QED) is 0.361. The lowest BCUT2D eigenvalue weighted by atomic mass is 10.1. The van der Waals surface area contributed by atoms with Gasteiger partial charge in [0.1, 0.15) is 0 Å². The number of rotatable bonds is 6. The Hall–Kier alpha value is -2.78. The number of fused-ring (bicyclic) bond motifs is 1. The molecule has 3 heterocycles. The fraction of sp³-hybridized carbons (Fsp3) is 0.545. The predicted molar refractivity (Wildman–Crippen MR) is 124 cm³/mol. The van der Waals surface area contributed by atoms with Crippen molar-refractivity contribution in [3.63, 3.8) is 0 Å². The Labute approximate surface area is 185 Å². The van der Waals surface area contributed by atoms with Gasteiger partial charge in [-0.05, 0) is 37.3 Å². The van der Waals surface area contributed by atoms with Crippen LogP contribution in [0.3, 0.4) is 0 Å². The van der Waals surface area contributed by atoms with E-state index in [0.29, 0.717) is 24.6 Å². The lowest BCUT2D eigenvalue weighted by molar-refractivity contribution is -0.126. The van der Waals surface area contributed by atoms with Crippen LogP contribution in [0.1, 0.15) is 50.8 Å². The molecule has 5 N–H and O–H groups in total. The van der Waals surface area contributed by atoms with Crippen molar-refractivity contribution in [3.05, 3.63) is 41.6 Å². The van der Waals surface area contributed by atoms with Gasteiger partial charge in [0.2, 0.25) is 0 Å². The zero-order chi connectivity index (χ0) is 22.8. The number of allylic oxidation sites excluding steroid dienone is 1. The molecule has 0 radical (unpaired) electrons. The highest BCUT2D eigenvalue weighted by molar-refractivity contribution is 5.71. The van der Waals surface area contributed by atoms with Crippen LogP contribution >= 0.6 is 0 Å². The zero-order valence-electron chi connectivity index (χ0n) is 19.2. The maximum absolute atomic E-state index is 8.95. The summed E-state index contributed by atoms with van der Waals surface area (Å²) in [5, 5.41) is 5.01. The second-order valence-corrected chi connectivity index (χ2v) is 7.51. The topological polar surface area (TPSA) is 114 Å². The van der Waals surface area contributed by atoms with Crippen molar-refractivity contribution >= 4 is 17.8 Å². The molecule has 9 heteroatoms. The van der Waals surface area contributed by atoms with E-state index in [4.69, 9.17) is 21.4 Å². The van der Waals surface area contributed by atoms with Gasteiger partial charge in [0, 0.05) is 50.5 Å². The third kappa shape index (κ3) is 7.15. The Morgan fingerprint density at radius 2 is 1.97 bits per heavy atom. The normalized spacial score (nSPS) is 16.0. The molecule has 1 aliphatic carbocycles. The average Bonchev–Trinajstić information content (AvgIpc) is 3.55. The molecule has 2 fully saturated rings. The second-order valence-electron chi connectivity index (χ2n) is 7.51. The molecule has 1 aliphatic heterocycles. The standard InChI is InChI=1S/C18H27N7.C2H4O2.C2H6/c1-13(19)9-25(20)12-16-11-24-10-15(14-2-3-14)8-17(18(24)22-16)23-6-4-21-5-7-23;1-4-2-3;1-2/h8-11,14,21H,2-7,12,19-20H2,1H3;2H,1H3;1-2H3/b13-9-;;. The summed E-state index contributed by atoms with van der Waals surface area (Å²) in [6, 6.07) is 2.35. The number of imidazole rings is 1. The molecule has 0 bridgehead atoms. The minimum atomic E-state index is 0.375. The molecule has 0 unspecified atom stereocenters. The summed E-state index contributed by atoms with van der Waals surface area (Å²) >= 11 is 0. The van der Waals surface area contributed by atoms with Crippen LogP contribution in [0.15, 0.2) is 30.4 Å². The molecule has 1 saturated carbocycles. The van der Waals surface area contributed by atoms with Gasteiger partial charge in [-0.25, -0.2) is 10.8 Å². The highest BCUT2D eigenvalue weighted by Gasteiger charge is 2.26. The summed E-state index contributed by atoms with van der Waals surface area (Å²) in [6.07, 6.45) is 8.65. The van der Waals surface area contributed by atoms with Crippen molar-refractivity contribution in [2.45, 2.75) is 46.1 Å². The Morgan fingerprint density at radius 3 is 2.52 bits per heavy atom. The van der Waals surface area contributed by atoms with Gasteiger partial charge >= 0.3 is 0 Å². The summed E-state index contributed by atoms with van der Waals surface area (Å²) in [6.45, 7) is 10.8. The highest BCUT2D eigenvalue weighted by Crippen LogP contribution is 2.41. The van der Waals surface area contributed by atoms with Crippen molar-refractivity contribution in [1.82, 2.24) is 19.7 Å². The van der Waals surface area contributed by atoms with E-state index in [2.05, 4.69) is 37.8 Å². The summed E-state index contributed by atoms with van der Waals surface area (Å²) in [7, 11) is 1.31. The molecule has 172 valence electrons. The molecule has 0 aromatic carbocycles. The molecule has 2 aromatic rings. The fourth-order valence-corrected chi connectivity index (χ4v) is 3.50. The number of nitrogens with two attached hydrogens (primary N) is 2. The predicted octanol–water partition coefficient (Wildman–Crippen LogP) is 1.93. The molecule has 1 saturated heterocycles. The minimum Gasteiger partial charge on any atom is -0.471 e. The first kappa shape index (κ1) is 24.5. The Kier molecular flexibility index (Phi) is 9.61. The number of nitrogens with zero attached hydrogens (tertiary/aromatic N) is 4. The van der Waals surface area contributed by atoms with Crippen molar-refractivity contribution in [2.24, 2.45) is 11.6 Å². The van der Waals surface area contributed by atoms with Crippen molar-refractivity contribution in [2.75, 3.05) is 38.2 Å². The average molecular weight is 432 g/mol. The largest absolute Gasteiger partial charge is 0.471 e. The summed E-state index contributed by atoms with van der Waals surface area (Å²) in [4.78, 5) is 16.3. The van der Waals surface area contributed by atoms with E-state index in [1.165, 1.54) is 31.2 Å². The van der Waals surface area contributed by atoms with Crippen molar-refractivity contribution in [3.8, 4) is 0 Å². The SMILES string of the molecule is C/C(N)=C/N(N)Cc1cn2cc(C3CC3)cc(N3CCNCC3)c2n1.CC.COC=O. The number of aromatic nitrogens is 2. The van der Waals surface area contributed by atoms with E-state index in [1.807, 2.05) is 20.8 Å². The Morgan fingerprint density at radius 1 is 1.32 bits per heavy atom. The molecule has 0 amide bonds. The number of hydrogen-bond donors (Lipinski definition) is 3. The number of pyridine rings is 1. The molecule has 31 heavy (non-hydrogen) atoms. The highest BCUT2D eigenvalue weighted by atomic mass is 16.5. The molecule has 0 spiro atoms. The fourth-order valence-electron chi connectivity index (χ4n) is 3.50. The van der Waals surface area contributed by atoms with E-state index < -0.39 is 0 Å². The van der Waals surface area contributed by atoms with Crippen molar-refractivity contribution < 1.29 is 9.53 Å². The molecule has 2 aliphatic rings. The number of piperazine rings is 1. The first-order chi connectivity index (χ1) is 15.0. The zero-order valence-corrected chi connectivity index (χ0v) is 19.2. The number of hydrogen-bond acceptors (Lipinski definition) is 8. The maximum Gasteiger partial charge on any atom is 0.292 e. The van der Waals surface area contributed by atoms with E-state index in [-0.39, 0.29) is 0 Å². The van der Waals surface area contributed by atoms with Gasteiger partial charge in [-0.2, -0.15) is 0 Å². The number of methoxy groups -OCH3 is 1. The van der Waals surface area contributed by atoms with E-state index >= 15 is 0 Å². The van der Waals surface area contributed by atoms with Crippen LogP contribution in [0, 0.1) is 0 Å². The second kappa shape index (κ2) is 12.2. The lowest BCUT2D eigenvalue weighted by Crippen LogP contribution is -2.43. The number of ether oxygens (including phenoxy) is 1. The van der Waals surface area contributed by atoms with Gasteiger partial charge in [0.05, 0.1) is 25.0 Å². The number of anilines is 1. The number of nitrogens with one attached hydrogen (secondary N) is 1. The van der Waals surface area contributed by atoms with Crippen LogP contribution in [-0.2, 0) is 16.1 Å². The molecule has 4 rings (SSSR count). The van der Waals surface area contributed by atoms with Crippen LogP contribution in [0.5, 0.6) is 0 Å². The lowest BCUT2D eigenvalue weighted by Gasteiger charge is -2.30. The van der Waals surface area contributed by atoms with Gasteiger partial charge in [0.15, 0.2) is 5.65 Å². The van der Waals surface area contributed by atoms with E-state index in [1.54, 1.807) is 11.2 Å². The minimum absolute atomic E-state index is 0.375. The summed E-state index contributed by atoms with van der Waals surface area (Å²) in [5.74, 6) is 6.72. The molecule has 9 nitrogen and oxygen atoms in total. The van der Waals surface area contributed by atoms with Crippen molar-refractivity contribution in [1.29, 1.82) is 0 Å². The number of carbonyl (C=O) groups excluding carboxylic acids is 1. The smallest absolute Gasteiger partial charge is 0.292 e. The van der Waals surface area contributed by atoms with Gasteiger partial charge < -0.3 is 30.1 Å².